The van der Waals surface area contributed by atoms with Gasteiger partial charge in [-0.25, -0.2) is 9.78 Å². The average molecular weight is 454 g/mol. The fourth-order valence-electron chi connectivity index (χ4n) is 2.92. The number of halogens is 1. The van der Waals surface area contributed by atoms with Gasteiger partial charge in [0.2, 0.25) is 12.0 Å². The van der Waals surface area contributed by atoms with Crippen LogP contribution >= 0.6 is 15.9 Å². The summed E-state index contributed by atoms with van der Waals surface area (Å²) in [5, 5.41) is 9.73. The predicted octanol–water partition coefficient (Wildman–Crippen LogP) is 5.47. The van der Waals surface area contributed by atoms with Gasteiger partial charge in [-0.1, -0.05) is 40.2 Å². The second-order valence-electron chi connectivity index (χ2n) is 6.24. The smallest absolute Gasteiger partial charge is 0.349 e. The van der Waals surface area contributed by atoms with E-state index in [2.05, 4.69) is 20.9 Å². The number of hydrogen-bond acceptors (Lipinski definition) is 5. The van der Waals surface area contributed by atoms with Crippen LogP contribution < -0.4 is 9.47 Å². The van der Waals surface area contributed by atoms with Gasteiger partial charge < -0.3 is 19.0 Å². The first-order valence-corrected chi connectivity index (χ1v) is 9.53. The van der Waals surface area contributed by atoms with E-state index < -0.39 is 12.1 Å². The Morgan fingerprint density at radius 3 is 2.55 bits per heavy atom. The second-order valence-corrected chi connectivity index (χ2v) is 7.15. The second kappa shape index (κ2) is 7.97. The fourth-order valence-corrected chi connectivity index (χ4v) is 3.18. The van der Waals surface area contributed by atoms with Crippen molar-refractivity contribution in [1.29, 1.82) is 0 Å². The van der Waals surface area contributed by atoms with Gasteiger partial charge in [-0.05, 0) is 42.5 Å². The molecule has 1 aromatic heterocycles. The van der Waals surface area contributed by atoms with E-state index in [4.69, 9.17) is 13.9 Å². The third-order valence-electron chi connectivity index (χ3n) is 4.35. The lowest BCUT2D eigenvalue weighted by Crippen LogP contribution is -2.18. The van der Waals surface area contributed by atoms with Crippen LogP contribution in [0.4, 0.5) is 0 Å². The molecule has 146 valence electrons. The molecule has 0 saturated heterocycles. The van der Waals surface area contributed by atoms with Crippen LogP contribution in [0.15, 0.2) is 75.6 Å². The summed E-state index contributed by atoms with van der Waals surface area (Å²) in [6.45, 7) is 0. The molecule has 0 aliphatic carbocycles. The molecule has 0 radical (unpaired) electrons. The van der Waals surface area contributed by atoms with Gasteiger partial charge in [-0.2, -0.15) is 0 Å². The van der Waals surface area contributed by atoms with Gasteiger partial charge in [0.05, 0.1) is 12.7 Å². The van der Waals surface area contributed by atoms with Crippen molar-refractivity contribution in [2.24, 2.45) is 0 Å². The van der Waals surface area contributed by atoms with Crippen LogP contribution in [-0.2, 0) is 4.79 Å². The standard InChI is InChI=1S/C22H16BrNO5/c1-27-15-10-11-18(28-20(22(25)26)13-6-8-14(23)9-7-13)16(12-15)21-24-17-4-2-3-5-19(17)29-21/h2-12,20H,1H3,(H,25,26). The summed E-state index contributed by atoms with van der Waals surface area (Å²) in [6.07, 6.45) is -1.19. The van der Waals surface area contributed by atoms with E-state index in [1.54, 1.807) is 49.6 Å². The summed E-state index contributed by atoms with van der Waals surface area (Å²) in [5.74, 6) is 0.115. The Balaban J connectivity index is 1.78. The van der Waals surface area contributed by atoms with Crippen LogP contribution in [0.3, 0.4) is 0 Å². The molecule has 6 nitrogen and oxygen atoms in total. The molecule has 4 rings (SSSR count). The topological polar surface area (TPSA) is 81.8 Å². The summed E-state index contributed by atoms with van der Waals surface area (Å²) >= 11 is 3.35. The van der Waals surface area contributed by atoms with Crippen LogP contribution in [0.25, 0.3) is 22.6 Å². The van der Waals surface area contributed by atoms with E-state index in [1.807, 2.05) is 24.3 Å². The normalized spacial score (nSPS) is 11.9. The molecule has 29 heavy (non-hydrogen) atoms. The van der Waals surface area contributed by atoms with Crippen LogP contribution in [0.2, 0.25) is 0 Å². The molecule has 3 aromatic carbocycles. The Hall–Kier alpha value is -3.32. The van der Waals surface area contributed by atoms with Gasteiger partial charge in [-0.15, -0.1) is 0 Å². The highest BCUT2D eigenvalue weighted by molar-refractivity contribution is 9.10. The lowest BCUT2D eigenvalue weighted by molar-refractivity contribution is -0.145. The summed E-state index contributed by atoms with van der Waals surface area (Å²) in [7, 11) is 1.55. The third-order valence-corrected chi connectivity index (χ3v) is 4.88. The quantitative estimate of drug-likeness (QED) is 0.416. The molecular formula is C22H16BrNO5. The Kier molecular flexibility index (Phi) is 5.22. The molecule has 0 aliphatic rings. The van der Waals surface area contributed by atoms with Gasteiger partial charge in [0.15, 0.2) is 5.58 Å². The molecule has 0 bridgehead atoms. The predicted molar refractivity (Wildman–Crippen MR) is 111 cm³/mol. The van der Waals surface area contributed by atoms with Crippen LogP contribution in [0.5, 0.6) is 11.5 Å². The number of nitrogens with zero attached hydrogens (tertiary/aromatic N) is 1. The lowest BCUT2D eigenvalue weighted by Gasteiger charge is -2.18. The van der Waals surface area contributed by atoms with Crippen molar-refractivity contribution in [2.45, 2.75) is 6.10 Å². The molecule has 4 aromatic rings. The first-order chi connectivity index (χ1) is 14.0. The first kappa shape index (κ1) is 19.0. The number of aromatic nitrogens is 1. The van der Waals surface area contributed by atoms with Crippen LogP contribution in [0, 0.1) is 0 Å². The van der Waals surface area contributed by atoms with Crippen molar-refractivity contribution in [1.82, 2.24) is 4.98 Å². The first-order valence-electron chi connectivity index (χ1n) is 8.74. The van der Waals surface area contributed by atoms with Crippen molar-refractivity contribution in [2.75, 3.05) is 7.11 Å². The summed E-state index contributed by atoms with van der Waals surface area (Å²) < 4.78 is 17.9. The monoisotopic (exact) mass is 453 g/mol. The summed E-state index contributed by atoms with van der Waals surface area (Å²) in [4.78, 5) is 16.4. The van der Waals surface area contributed by atoms with Gasteiger partial charge in [0.1, 0.15) is 17.0 Å². The average Bonchev–Trinajstić information content (AvgIpc) is 3.16. The molecule has 0 fully saturated rings. The Bertz CT molecular complexity index is 1140. The zero-order chi connectivity index (χ0) is 20.4. The zero-order valence-corrected chi connectivity index (χ0v) is 16.9. The number of carboxylic acid groups (broad SMARTS) is 1. The van der Waals surface area contributed by atoms with E-state index in [0.717, 1.165) is 4.47 Å². The number of rotatable bonds is 6. The number of ether oxygens (including phenoxy) is 2. The molecule has 0 saturated carbocycles. The number of carboxylic acids is 1. The molecule has 1 atom stereocenters. The highest BCUT2D eigenvalue weighted by Crippen LogP contribution is 2.37. The number of fused-ring (bicyclic) bond motifs is 1. The number of carbonyl (C=O) groups is 1. The molecule has 0 amide bonds. The minimum atomic E-state index is -1.19. The van der Waals surface area contributed by atoms with Crippen molar-refractivity contribution < 1.29 is 23.8 Å². The molecule has 1 unspecified atom stereocenters. The van der Waals surface area contributed by atoms with Gasteiger partial charge >= 0.3 is 5.97 Å². The molecule has 1 N–H and O–H groups in total. The highest BCUT2D eigenvalue weighted by atomic mass is 79.9. The van der Waals surface area contributed by atoms with E-state index in [-0.39, 0.29) is 0 Å². The SMILES string of the molecule is COc1ccc(OC(C(=O)O)c2ccc(Br)cc2)c(-c2nc3ccccc3o2)c1. The number of hydrogen-bond donors (Lipinski definition) is 1. The van der Waals surface area contributed by atoms with E-state index in [1.165, 1.54) is 0 Å². The summed E-state index contributed by atoms with van der Waals surface area (Å²) in [5.41, 5.74) is 2.34. The number of oxazole rings is 1. The number of para-hydroxylation sites is 2. The Labute approximate surface area is 174 Å². The van der Waals surface area contributed by atoms with Crippen molar-refractivity contribution in [3.63, 3.8) is 0 Å². The van der Waals surface area contributed by atoms with Crippen molar-refractivity contribution >= 4 is 33.0 Å². The molecular weight excluding hydrogens is 438 g/mol. The lowest BCUT2D eigenvalue weighted by atomic mass is 10.1. The van der Waals surface area contributed by atoms with Gasteiger partial charge in [-0.3, -0.25) is 0 Å². The van der Waals surface area contributed by atoms with Gasteiger partial charge in [0, 0.05) is 10.0 Å². The maximum atomic E-state index is 11.9. The van der Waals surface area contributed by atoms with Crippen LogP contribution in [-0.4, -0.2) is 23.2 Å². The minimum absolute atomic E-state index is 0.319. The van der Waals surface area contributed by atoms with E-state index in [9.17, 15) is 9.90 Å². The Morgan fingerprint density at radius 1 is 1.10 bits per heavy atom. The van der Waals surface area contributed by atoms with E-state index >= 15 is 0 Å². The van der Waals surface area contributed by atoms with Gasteiger partial charge in [0.25, 0.3) is 0 Å². The zero-order valence-electron chi connectivity index (χ0n) is 15.3. The highest BCUT2D eigenvalue weighted by Gasteiger charge is 2.25. The number of aliphatic carboxylic acids is 1. The Morgan fingerprint density at radius 2 is 1.86 bits per heavy atom. The molecule has 0 spiro atoms. The maximum absolute atomic E-state index is 11.9. The minimum Gasteiger partial charge on any atom is -0.497 e. The largest absolute Gasteiger partial charge is 0.497 e. The molecule has 0 aliphatic heterocycles. The molecule has 7 heteroatoms. The fraction of sp³-hybridized carbons (Fsp3) is 0.0909. The summed E-state index contributed by atoms with van der Waals surface area (Å²) in [6, 6.07) is 19.4. The van der Waals surface area contributed by atoms with Crippen molar-refractivity contribution in [3.8, 4) is 23.0 Å². The van der Waals surface area contributed by atoms with Crippen LogP contribution in [0.1, 0.15) is 11.7 Å². The molecule has 1 heterocycles. The van der Waals surface area contributed by atoms with Crippen molar-refractivity contribution in [3.05, 3.63) is 76.8 Å². The number of methoxy groups -OCH3 is 1. The van der Waals surface area contributed by atoms with E-state index in [0.29, 0.717) is 39.6 Å². The number of benzene rings is 3. The third kappa shape index (κ3) is 3.95. The maximum Gasteiger partial charge on any atom is 0.349 e.